The molecule has 2 aliphatic rings. The number of hydrogen-bond donors (Lipinski definition) is 3. The number of carbonyl (C=O) groups excluding carboxylic acids is 1. The van der Waals surface area contributed by atoms with Crippen LogP contribution in [0, 0.1) is 0 Å². The summed E-state index contributed by atoms with van der Waals surface area (Å²) in [5, 5.41) is 9.40. The largest absolute Gasteiger partial charge is 0.495 e. The summed E-state index contributed by atoms with van der Waals surface area (Å²) < 4.78 is 18.2. The van der Waals surface area contributed by atoms with Gasteiger partial charge in [0.2, 0.25) is 5.88 Å². The number of amides is 1. The Morgan fingerprint density at radius 2 is 1.97 bits per heavy atom. The molecule has 1 unspecified atom stereocenters. The second kappa shape index (κ2) is 12.1. The number of anilines is 3. The third-order valence-electron chi connectivity index (χ3n) is 6.42. The van der Waals surface area contributed by atoms with E-state index in [1.165, 1.54) is 0 Å². The van der Waals surface area contributed by atoms with E-state index in [0.29, 0.717) is 36.2 Å². The number of ether oxygens (including phenoxy) is 2. The molecule has 1 fully saturated rings. The number of nitrogens with zero attached hydrogens (tertiary/aromatic N) is 5. The number of nitrogens with one attached hydrogen (secondary N) is 3. The molecule has 0 radical (unpaired) electrons. The standard InChI is InChI=1S/C26H33N8O3P/c1-32-12-14-33(15-13-32)21-10-9-19(17-22(21)36-2)34-28-18-20-25(31-38-34)30-23-7-6-8-24(29-23)37-16-5-3-4-11-27-26(20)35/h3-4,6-10,17-18,28,38H,5,11-16H2,1-2H3,(H,27,35)(H,29,30,31)/b4-3-. The van der Waals surface area contributed by atoms with E-state index in [2.05, 4.69) is 43.6 Å². The lowest BCUT2D eigenvalue weighted by Gasteiger charge is -2.34. The average Bonchev–Trinajstić information content (AvgIpc) is 3.15. The monoisotopic (exact) mass is 536 g/mol. The van der Waals surface area contributed by atoms with Crippen molar-refractivity contribution in [3.05, 3.63) is 60.3 Å². The van der Waals surface area contributed by atoms with E-state index in [9.17, 15) is 4.79 Å². The highest BCUT2D eigenvalue weighted by molar-refractivity contribution is 7.21. The van der Waals surface area contributed by atoms with Gasteiger partial charge < -0.3 is 29.9 Å². The summed E-state index contributed by atoms with van der Waals surface area (Å²) >= 11 is 0. The van der Waals surface area contributed by atoms with Crippen LogP contribution in [0.4, 0.5) is 17.3 Å². The molecule has 1 amide bonds. The van der Waals surface area contributed by atoms with Gasteiger partial charge in [0.05, 0.1) is 39.2 Å². The molecule has 38 heavy (non-hydrogen) atoms. The van der Waals surface area contributed by atoms with Crippen LogP contribution in [0.15, 0.2) is 54.7 Å². The molecule has 2 aromatic heterocycles. The summed E-state index contributed by atoms with van der Waals surface area (Å²) in [6.07, 6.45) is 6.27. The lowest BCUT2D eigenvalue weighted by molar-refractivity contribution is 0.0958. The normalized spacial score (nSPS) is 17.4. The maximum absolute atomic E-state index is 13.1. The van der Waals surface area contributed by atoms with Crippen molar-refractivity contribution < 1.29 is 14.3 Å². The van der Waals surface area contributed by atoms with Gasteiger partial charge in [-0.25, -0.2) is 9.19 Å². The summed E-state index contributed by atoms with van der Waals surface area (Å²) in [4.78, 5) is 22.3. The first-order valence-electron chi connectivity index (χ1n) is 12.6. The predicted octanol–water partition coefficient (Wildman–Crippen LogP) is 3.32. The van der Waals surface area contributed by atoms with Crippen LogP contribution in [0.1, 0.15) is 16.8 Å². The number of benzene rings is 1. The summed E-state index contributed by atoms with van der Waals surface area (Å²) in [5.74, 6) is 2.03. The number of piperazine rings is 1. The fraction of sp³-hybridized carbons (Fsp3) is 0.346. The molecule has 1 atom stereocenters. The number of carbonyl (C=O) groups is 1. The summed E-state index contributed by atoms with van der Waals surface area (Å²) in [6, 6.07) is 11.6. The van der Waals surface area contributed by atoms with Crippen molar-refractivity contribution >= 4 is 31.7 Å². The number of H-pyrrole nitrogens is 1. The van der Waals surface area contributed by atoms with Gasteiger partial charge in [-0.05, 0) is 31.7 Å². The van der Waals surface area contributed by atoms with Gasteiger partial charge in [0.15, 0.2) is 5.82 Å². The van der Waals surface area contributed by atoms with E-state index in [1.807, 2.05) is 46.9 Å². The number of pyridine rings is 1. The van der Waals surface area contributed by atoms with Crippen molar-refractivity contribution in [3.8, 4) is 17.3 Å². The Balaban J connectivity index is 1.49. The van der Waals surface area contributed by atoms with E-state index in [4.69, 9.17) is 14.2 Å². The van der Waals surface area contributed by atoms with E-state index >= 15 is 0 Å². The second-order valence-corrected chi connectivity index (χ2v) is 9.90. The van der Waals surface area contributed by atoms with Crippen LogP contribution in [0.5, 0.6) is 11.6 Å². The van der Waals surface area contributed by atoms with Crippen molar-refractivity contribution in [2.24, 2.45) is 0 Å². The van der Waals surface area contributed by atoms with Crippen molar-refractivity contribution in [3.63, 3.8) is 0 Å². The van der Waals surface area contributed by atoms with Gasteiger partial charge in [-0.15, -0.1) is 0 Å². The fourth-order valence-corrected chi connectivity index (χ4v) is 5.02. The van der Waals surface area contributed by atoms with Gasteiger partial charge in [0, 0.05) is 51.1 Å². The number of aromatic amines is 1. The maximum Gasteiger partial charge on any atom is 0.256 e. The van der Waals surface area contributed by atoms with E-state index in [-0.39, 0.29) is 14.4 Å². The fourth-order valence-electron chi connectivity index (χ4n) is 4.27. The molecule has 12 heteroatoms. The number of methoxy groups -OCH3 is 1. The van der Waals surface area contributed by atoms with Crippen LogP contribution in [0.3, 0.4) is 0 Å². The van der Waals surface area contributed by atoms with Crippen LogP contribution in [-0.4, -0.2) is 83.6 Å². The molecular weight excluding hydrogens is 503 g/mol. The Kier molecular flexibility index (Phi) is 8.15. The minimum atomic E-state index is -0.243. The Bertz CT molecular complexity index is 1340. The van der Waals surface area contributed by atoms with Crippen LogP contribution >= 0.6 is 8.51 Å². The lowest BCUT2D eigenvalue weighted by Crippen LogP contribution is -2.44. The average molecular weight is 537 g/mol. The van der Waals surface area contributed by atoms with E-state index in [1.54, 1.807) is 13.3 Å². The van der Waals surface area contributed by atoms with Gasteiger partial charge in [0.25, 0.3) is 5.91 Å². The van der Waals surface area contributed by atoms with Crippen LogP contribution in [-0.2, 0) is 0 Å². The highest BCUT2D eigenvalue weighted by Crippen LogP contribution is 2.32. The van der Waals surface area contributed by atoms with Gasteiger partial charge in [-0.3, -0.25) is 9.89 Å². The SMILES string of the molecule is COc1cc(-n2[nH]cc3c(n[pH]2)Nc2cccc(n2)OCC/C=C\CNC3=O)ccc1N1CCN(C)CC1. The summed E-state index contributed by atoms with van der Waals surface area (Å²) in [6.45, 7) is 4.84. The first kappa shape index (κ1) is 25.7. The smallest absolute Gasteiger partial charge is 0.256 e. The van der Waals surface area contributed by atoms with Crippen molar-refractivity contribution in [2.45, 2.75) is 6.42 Å². The highest BCUT2D eigenvalue weighted by atomic mass is 31.1. The Hall–Kier alpha value is -3.95. The highest BCUT2D eigenvalue weighted by Gasteiger charge is 2.19. The van der Waals surface area contributed by atoms with E-state index in [0.717, 1.165) is 49.7 Å². The van der Waals surface area contributed by atoms with Crippen LogP contribution in [0.25, 0.3) is 5.69 Å². The number of rotatable bonds is 3. The zero-order chi connectivity index (χ0) is 26.3. The zero-order valence-electron chi connectivity index (χ0n) is 21.6. The van der Waals surface area contributed by atoms with Gasteiger partial charge >= 0.3 is 0 Å². The molecule has 4 heterocycles. The number of aromatic nitrogens is 4. The summed E-state index contributed by atoms with van der Waals surface area (Å²) in [5.41, 5.74) is 2.32. The second-order valence-electron chi connectivity index (χ2n) is 9.03. The maximum atomic E-state index is 13.1. The molecule has 1 saturated heterocycles. The summed E-state index contributed by atoms with van der Waals surface area (Å²) in [7, 11) is 3.78. The first-order valence-corrected chi connectivity index (χ1v) is 13.5. The quantitative estimate of drug-likeness (QED) is 0.437. The molecule has 0 aliphatic carbocycles. The molecule has 3 aromatic rings. The van der Waals surface area contributed by atoms with Crippen LogP contribution in [0.2, 0.25) is 0 Å². The number of fused-ring (bicyclic) bond motifs is 3. The van der Waals surface area contributed by atoms with E-state index < -0.39 is 0 Å². The van der Waals surface area contributed by atoms with Crippen molar-refractivity contribution in [2.75, 3.05) is 63.7 Å². The molecular formula is C26H33N8O3P. The topological polar surface area (TPSA) is 113 Å². The molecule has 11 nitrogen and oxygen atoms in total. The zero-order valence-corrected chi connectivity index (χ0v) is 22.6. The third-order valence-corrected chi connectivity index (χ3v) is 7.33. The van der Waals surface area contributed by atoms with Gasteiger partial charge in [-0.2, -0.15) is 4.98 Å². The Morgan fingerprint density at radius 3 is 2.82 bits per heavy atom. The lowest BCUT2D eigenvalue weighted by atomic mass is 10.2. The minimum absolute atomic E-state index is 0.0507. The minimum Gasteiger partial charge on any atom is -0.495 e. The third kappa shape index (κ3) is 6.12. The van der Waals surface area contributed by atoms with Crippen molar-refractivity contribution in [1.29, 1.82) is 0 Å². The predicted molar refractivity (Wildman–Crippen MR) is 150 cm³/mol. The van der Waals surface area contributed by atoms with Gasteiger partial charge in [0.1, 0.15) is 11.6 Å². The Labute approximate surface area is 223 Å². The molecule has 2 bridgehead atoms. The Morgan fingerprint density at radius 1 is 1.11 bits per heavy atom. The molecule has 1 aromatic carbocycles. The molecule has 0 spiro atoms. The molecule has 0 saturated carbocycles. The first-order chi connectivity index (χ1) is 18.6. The van der Waals surface area contributed by atoms with Crippen LogP contribution < -0.4 is 25.0 Å². The molecule has 5 rings (SSSR count). The van der Waals surface area contributed by atoms with Gasteiger partial charge in [-0.1, -0.05) is 18.2 Å². The molecule has 2 aliphatic heterocycles. The number of hydrogen-bond acceptors (Lipinski definition) is 8. The number of likely N-dealkylation sites (N-methyl/N-ethyl adjacent to an activating group) is 1. The molecule has 200 valence electrons. The van der Waals surface area contributed by atoms with Crippen molar-refractivity contribution in [1.82, 2.24) is 29.5 Å². The molecule has 3 N–H and O–H groups in total.